The second-order valence-electron chi connectivity index (χ2n) is 7.66. The molecular weight excluding hydrogens is 302 g/mol. The first-order valence-corrected chi connectivity index (χ1v) is 8.01. The third-order valence-electron chi connectivity index (χ3n) is 2.99. The van der Waals surface area contributed by atoms with E-state index in [1.807, 2.05) is 48.5 Å². The van der Waals surface area contributed by atoms with Gasteiger partial charge in [0, 0.05) is 12.1 Å². The minimum Gasteiger partial charge on any atom is -0.435 e. The van der Waals surface area contributed by atoms with Crippen molar-refractivity contribution < 1.29 is 14.3 Å². The molecule has 22 heavy (non-hydrogen) atoms. The number of amides is 1. The topological polar surface area (TPSA) is 46.6 Å². The normalized spacial score (nSPS) is 13.5. The Balaban J connectivity index is 5.22. The van der Waals surface area contributed by atoms with Crippen LogP contribution in [-0.4, -0.2) is 34.5 Å². The van der Waals surface area contributed by atoms with Crippen molar-refractivity contribution in [2.75, 3.05) is 0 Å². The van der Waals surface area contributed by atoms with Gasteiger partial charge in [-0.15, -0.1) is 0 Å². The summed E-state index contributed by atoms with van der Waals surface area (Å²) in [6.45, 7) is 16.6. The highest BCUT2D eigenvalue weighted by atomic mass is 35.5. The minimum absolute atomic E-state index is 0.0148. The van der Waals surface area contributed by atoms with E-state index in [0.717, 1.165) is 0 Å². The molecule has 0 aliphatic rings. The number of ketones is 1. The Labute approximate surface area is 139 Å². The maximum absolute atomic E-state index is 12.4. The number of halogens is 1. The molecule has 0 radical (unpaired) electrons. The lowest BCUT2D eigenvalue weighted by Crippen LogP contribution is -2.47. The molecule has 0 rings (SSSR count). The largest absolute Gasteiger partial charge is 0.435 e. The van der Waals surface area contributed by atoms with Crippen LogP contribution in [0.25, 0.3) is 0 Å². The number of nitrogens with zero attached hydrogens (tertiary/aromatic N) is 1. The van der Waals surface area contributed by atoms with Crippen molar-refractivity contribution in [3.8, 4) is 0 Å². The highest BCUT2D eigenvalue weighted by Gasteiger charge is 2.36. The summed E-state index contributed by atoms with van der Waals surface area (Å²) < 4.78 is 5.43. The fourth-order valence-corrected chi connectivity index (χ4v) is 2.62. The minimum atomic E-state index is -1.31. The van der Waals surface area contributed by atoms with E-state index in [4.69, 9.17) is 16.3 Å². The van der Waals surface area contributed by atoms with Crippen LogP contribution in [0.15, 0.2) is 11.1 Å². The molecular formula is C17H30ClNO3. The van der Waals surface area contributed by atoms with Gasteiger partial charge in [0.1, 0.15) is 0 Å². The van der Waals surface area contributed by atoms with Gasteiger partial charge in [0.05, 0.1) is 5.03 Å². The average molecular weight is 332 g/mol. The first kappa shape index (κ1) is 21.0. The van der Waals surface area contributed by atoms with Gasteiger partial charge in [-0.2, -0.15) is 0 Å². The fourth-order valence-electron chi connectivity index (χ4n) is 2.07. The Morgan fingerprint density at radius 3 is 1.73 bits per heavy atom. The number of Topliss-reactive ketones (excluding diaryl/α,β-unsaturated/α-hetero) is 1. The summed E-state index contributed by atoms with van der Waals surface area (Å²) in [7, 11) is 0. The van der Waals surface area contributed by atoms with Gasteiger partial charge in [-0.3, -0.25) is 4.79 Å². The zero-order valence-electron chi connectivity index (χ0n) is 15.3. The molecule has 0 aromatic carbocycles. The van der Waals surface area contributed by atoms with Gasteiger partial charge < -0.3 is 9.64 Å². The Morgan fingerprint density at radius 1 is 1.00 bits per heavy atom. The number of rotatable bonds is 5. The summed E-state index contributed by atoms with van der Waals surface area (Å²) in [6, 6.07) is -0.0296. The van der Waals surface area contributed by atoms with E-state index in [2.05, 4.69) is 0 Å². The highest BCUT2D eigenvalue weighted by molar-refractivity contribution is 6.43. The first-order valence-electron chi connectivity index (χ1n) is 7.63. The van der Waals surface area contributed by atoms with Crippen molar-refractivity contribution in [3.05, 3.63) is 11.1 Å². The van der Waals surface area contributed by atoms with E-state index in [1.54, 1.807) is 24.8 Å². The van der Waals surface area contributed by atoms with Crippen molar-refractivity contribution >= 4 is 23.5 Å². The summed E-state index contributed by atoms with van der Waals surface area (Å²) >= 11 is 6.10. The van der Waals surface area contributed by atoms with Gasteiger partial charge in [-0.05, 0) is 47.0 Å². The number of hydrogen-bond acceptors (Lipinski definition) is 3. The summed E-state index contributed by atoms with van der Waals surface area (Å²) in [4.78, 5) is 26.4. The van der Waals surface area contributed by atoms with Crippen molar-refractivity contribution in [2.45, 2.75) is 80.0 Å². The van der Waals surface area contributed by atoms with Gasteiger partial charge >= 0.3 is 6.09 Å². The SMILES string of the molecule is CC(C)N(C(=O)OC(C)(C)C(=O)/C(Cl)=C\C(C)(C)C)C(C)C. The Morgan fingerprint density at radius 2 is 1.41 bits per heavy atom. The van der Waals surface area contributed by atoms with E-state index in [0.29, 0.717) is 0 Å². The van der Waals surface area contributed by atoms with E-state index in [9.17, 15) is 9.59 Å². The van der Waals surface area contributed by atoms with E-state index in [-0.39, 0.29) is 22.5 Å². The van der Waals surface area contributed by atoms with Crippen LogP contribution >= 0.6 is 11.6 Å². The smallest absolute Gasteiger partial charge is 0.411 e. The molecule has 0 bridgehead atoms. The van der Waals surface area contributed by atoms with E-state index in [1.165, 1.54) is 0 Å². The van der Waals surface area contributed by atoms with Crippen molar-refractivity contribution in [1.82, 2.24) is 4.90 Å². The fraction of sp³-hybridized carbons (Fsp3) is 0.765. The van der Waals surface area contributed by atoms with Crippen LogP contribution in [-0.2, 0) is 9.53 Å². The first-order chi connectivity index (χ1) is 9.69. The number of hydrogen-bond donors (Lipinski definition) is 0. The van der Waals surface area contributed by atoms with Crippen molar-refractivity contribution in [1.29, 1.82) is 0 Å². The molecule has 0 aromatic heterocycles. The lowest BCUT2D eigenvalue weighted by atomic mass is 9.93. The standard InChI is InChI=1S/C17H30ClNO3/c1-11(2)19(12(3)4)15(21)22-17(8,9)14(20)13(18)10-16(5,6)7/h10-12H,1-9H3/b13-10+. The zero-order valence-corrected chi connectivity index (χ0v) is 16.0. The molecule has 0 unspecified atom stereocenters. The third-order valence-corrected chi connectivity index (χ3v) is 3.27. The average Bonchev–Trinajstić information content (AvgIpc) is 2.23. The molecule has 0 spiro atoms. The van der Waals surface area contributed by atoms with E-state index < -0.39 is 17.5 Å². The van der Waals surface area contributed by atoms with Gasteiger partial charge in [0.15, 0.2) is 5.60 Å². The highest BCUT2D eigenvalue weighted by Crippen LogP contribution is 2.26. The molecule has 4 nitrogen and oxygen atoms in total. The second kappa shape index (κ2) is 7.49. The lowest BCUT2D eigenvalue weighted by Gasteiger charge is -2.33. The molecule has 0 saturated heterocycles. The molecule has 128 valence electrons. The Bertz CT molecular complexity index is 437. The van der Waals surface area contributed by atoms with Crippen LogP contribution in [0.5, 0.6) is 0 Å². The van der Waals surface area contributed by atoms with Crippen LogP contribution in [0.4, 0.5) is 4.79 Å². The molecule has 0 fully saturated rings. The third kappa shape index (κ3) is 6.39. The number of carbonyl (C=O) groups is 2. The summed E-state index contributed by atoms with van der Waals surface area (Å²) in [6.07, 6.45) is 1.17. The number of carbonyl (C=O) groups excluding carboxylic acids is 2. The number of allylic oxidation sites excluding steroid dienone is 1. The molecule has 0 N–H and O–H groups in total. The van der Waals surface area contributed by atoms with E-state index >= 15 is 0 Å². The molecule has 0 aliphatic carbocycles. The van der Waals surface area contributed by atoms with Gasteiger partial charge in [0.25, 0.3) is 0 Å². The zero-order chi connectivity index (χ0) is 17.9. The maximum atomic E-state index is 12.4. The maximum Gasteiger partial charge on any atom is 0.411 e. The quantitative estimate of drug-likeness (QED) is 0.682. The van der Waals surface area contributed by atoms with Gasteiger partial charge in [-0.25, -0.2) is 4.79 Å². The molecule has 0 aliphatic heterocycles. The van der Waals surface area contributed by atoms with Crippen LogP contribution in [0.3, 0.4) is 0 Å². The molecule has 1 amide bonds. The Hall–Kier alpha value is -1.03. The van der Waals surface area contributed by atoms with Crippen molar-refractivity contribution in [2.24, 2.45) is 5.41 Å². The van der Waals surface area contributed by atoms with Gasteiger partial charge in [-0.1, -0.05) is 38.4 Å². The number of ether oxygens (including phenoxy) is 1. The Kier molecular flexibility index (Phi) is 7.14. The van der Waals surface area contributed by atoms with Gasteiger partial charge in [0.2, 0.25) is 5.78 Å². The molecule has 0 aromatic rings. The molecule has 0 heterocycles. The molecule has 0 saturated carbocycles. The molecule has 0 atom stereocenters. The lowest BCUT2D eigenvalue weighted by molar-refractivity contribution is -0.131. The summed E-state index contributed by atoms with van der Waals surface area (Å²) in [5.41, 5.74) is -1.54. The monoisotopic (exact) mass is 331 g/mol. The van der Waals surface area contributed by atoms with Crippen LogP contribution < -0.4 is 0 Å². The predicted octanol–water partition coefficient (Wildman–Crippen LogP) is 4.76. The second-order valence-corrected chi connectivity index (χ2v) is 8.07. The molecule has 5 heteroatoms. The predicted molar refractivity (Wildman–Crippen MR) is 91.1 cm³/mol. The van der Waals surface area contributed by atoms with Crippen LogP contribution in [0, 0.1) is 5.41 Å². The van der Waals surface area contributed by atoms with Crippen molar-refractivity contribution in [3.63, 3.8) is 0 Å². The summed E-state index contributed by atoms with van der Waals surface area (Å²) in [5.74, 6) is -0.398. The van der Waals surface area contributed by atoms with Crippen LogP contribution in [0.1, 0.15) is 62.3 Å². The van der Waals surface area contributed by atoms with Crippen LogP contribution in [0.2, 0.25) is 0 Å². The summed E-state index contributed by atoms with van der Waals surface area (Å²) in [5, 5.41) is 0.0888.